The number of rotatable bonds is 4. The van der Waals surface area contributed by atoms with Crippen molar-refractivity contribution in [2.24, 2.45) is 5.92 Å². The molecule has 5 heteroatoms. The number of fused-ring (bicyclic) bond motifs is 1. The summed E-state index contributed by atoms with van der Waals surface area (Å²) in [4.78, 5) is 12.2. The summed E-state index contributed by atoms with van der Waals surface area (Å²) in [6.45, 7) is 0. The van der Waals surface area contributed by atoms with E-state index in [1.54, 1.807) is 12.1 Å². The summed E-state index contributed by atoms with van der Waals surface area (Å²) in [7, 11) is 0. The first-order chi connectivity index (χ1) is 12.2. The van der Waals surface area contributed by atoms with Crippen molar-refractivity contribution >= 4 is 22.6 Å². The third-order valence-electron chi connectivity index (χ3n) is 4.95. The highest BCUT2D eigenvalue weighted by Gasteiger charge is 2.19. The van der Waals surface area contributed by atoms with E-state index < -0.39 is 0 Å². The molecule has 128 valence electrons. The number of nitrogens with one attached hydrogen (secondary N) is 2. The Morgan fingerprint density at radius 1 is 1.12 bits per heavy atom. The van der Waals surface area contributed by atoms with Gasteiger partial charge in [0, 0.05) is 11.8 Å². The molecule has 4 nitrogen and oxygen atoms in total. The van der Waals surface area contributed by atoms with E-state index in [4.69, 9.17) is 0 Å². The van der Waals surface area contributed by atoms with Crippen LogP contribution in [0.15, 0.2) is 42.5 Å². The molecule has 0 saturated heterocycles. The van der Waals surface area contributed by atoms with Gasteiger partial charge in [-0.05, 0) is 54.2 Å². The fourth-order valence-electron chi connectivity index (χ4n) is 3.60. The molecule has 0 atom stereocenters. The molecule has 1 heterocycles. The van der Waals surface area contributed by atoms with Crippen molar-refractivity contribution in [1.82, 2.24) is 10.2 Å². The molecule has 0 spiro atoms. The minimum Gasteiger partial charge on any atom is -0.309 e. The number of nitrogens with zero attached hydrogens (tertiary/aromatic N) is 1. The van der Waals surface area contributed by atoms with Gasteiger partial charge in [-0.1, -0.05) is 31.0 Å². The lowest BCUT2D eigenvalue weighted by Crippen LogP contribution is -2.15. The summed E-state index contributed by atoms with van der Waals surface area (Å²) >= 11 is 0. The van der Waals surface area contributed by atoms with Gasteiger partial charge < -0.3 is 5.32 Å². The zero-order valence-corrected chi connectivity index (χ0v) is 13.9. The zero-order chi connectivity index (χ0) is 17.2. The van der Waals surface area contributed by atoms with E-state index in [1.807, 2.05) is 18.2 Å². The van der Waals surface area contributed by atoms with Crippen molar-refractivity contribution in [3.05, 3.63) is 48.3 Å². The molecule has 1 saturated carbocycles. The zero-order valence-electron chi connectivity index (χ0n) is 13.9. The number of carbonyl (C=O) groups excluding carboxylic acids is 1. The van der Waals surface area contributed by atoms with Gasteiger partial charge in [-0.3, -0.25) is 9.89 Å². The van der Waals surface area contributed by atoms with Gasteiger partial charge in [-0.25, -0.2) is 4.39 Å². The molecule has 0 unspecified atom stereocenters. The van der Waals surface area contributed by atoms with E-state index in [1.165, 1.54) is 25.0 Å². The highest BCUT2D eigenvalue weighted by atomic mass is 19.1. The molecule has 2 N–H and O–H groups in total. The molecule has 1 aliphatic rings. The van der Waals surface area contributed by atoms with Crippen LogP contribution in [0.3, 0.4) is 0 Å². The van der Waals surface area contributed by atoms with E-state index in [2.05, 4.69) is 15.5 Å². The fraction of sp³-hybridized carbons (Fsp3) is 0.300. The summed E-state index contributed by atoms with van der Waals surface area (Å²) < 4.78 is 13.1. The van der Waals surface area contributed by atoms with E-state index in [-0.39, 0.29) is 11.7 Å². The summed E-state index contributed by atoms with van der Waals surface area (Å²) in [5, 5.41) is 11.0. The number of aromatic amines is 1. The Balaban J connectivity index is 1.53. The molecular weight excluding hydrogens is 317 g/mol. The van der Waals surface area contributed by atoms with Crippen molar-refractivity contribution in [2.45, 2.75) is 32.1 Å². The molecule has 1 fully saturated rings. The quantitative estimate of drug-likeness (QED) is 0.712. The maximum absolute atomic E-state index is 13.1. The molecule has 2 aromatic carbocycles. The summed E-state index contributed by atoms with van der Waals surface area (Å²) in [5.74, 6) is 0.862. The number of halogens is 1. The number of hydrogen-bond donors (Lipinski definition) is 2. The van der Waals surface area contributed by atoms with Crippen molar-refractivity contribution in [1.29, 1.82) is 0 Å². The van der Waals surface area contributed by atoms with Gasteiger partial charge in [-0.2, -0.15) is 5.10 Å². The number of carbonyl (C=O) groups is 1. The second-order valence-corrected chi connectivity index (χ2v) is 6.74. The van der Waals surface area contributed by atoms with Crippen LogP contribution >= 0.6 is 0 Å². The Morgan fingerprint density at radius 2 is 1.84 bits per heavy atom. The van der Waals surface area contributed by atoms with Gasteiger partial charge in [-0.15, -0.1) is 0 Å². The SMILES string of the molecule is O=C(CC1CCCC1)Nc1n[nH]c2cc(-c3ccc(F)cc3)ccc12. The Kier molecular flexibility index (Phi) is 4.22. The molecule has 1 amide bonds. The maximum atomic E-state index is 13.1. The van der Waals surface area contributed by atoms with Crippen LogP contribution in [0.25, 0.3) is 22.0 Å². The van der Waals surface area contributed by atoms with E-state index in [0.717, 1.165) is 34.9 Å². The standard InChI is InChI=1S/C20H20FN3O/c21-16-8-5-14(6-9-16)15-7-10-17-18(12-15)23-24-20(17)22-19(25)11-13-3-1-2-4-13/h5-10,12-13H,1-4,11H2,(H2,22,23,24,25). The van der Waals surface area contributed by atoms with Crippen LogP contribution in [0, 0.1) is 11.7 Å². The monoisotopic (exact) mass is 337 g/mol. The van der Waals surface area contributed by atoms with Crippen molar-refractivity contribution in [3.8, 4) is 11.1 Å². The topological polar surface area (TPSA) is 57.8 Å². The first-order valence-electron chi connectivity index (χ1n) is 8.73. The fourth-order valence-corrected chi connectivity index (χ4v) is 3.60. The normalized spacial score (nSPS) is 14.9. The molecule has 0 aliphatic heterocycles. The molecule has 3 aromatic rings. The first kappa shape index (κ1) is 15.8. The first-order valence-corrected chi connectivity index (χ1v) is 8.73. The van der Waals surface area contributed by atoms with E-state index >= 15 is 0 Å². The van der Waals surface area contributed by atoms with Crippen LogP contribution in [0.5, 0.6) is 0 Å². The Labute approximate surface area is 145 Å². The third kappa shape index (κ3) is 3.40. The molecule has 25 heavy (non-hydrogen) atoms. The minimum absolute atomic E-state index is 0.0305. The summed E-state index contributed by atoms with van der Waals surface area (Å²) in [6, 6.07) is 12.2. The Hall–Kier alpha value is -2.69. The van der Waals surface area contributed by atoms with E-state index in [9.17, 15) is 9.18 Å². The predicted molar refractivity (Wildman–Crippen MR) is 96.7 cm³/mol. The predicted octanol–water partition coefficient (Wildman–Crippen LogP) is 4.89. The van der Waals surface area contributed by atoms with Gasteiger partial charge in [0.15, 0.2) is 5.82 Å². The molecule has 4 rings (SSSR count). The molecule has 1 aromatic heterocycles. The maximum Gasteiger partial charge on any atom is 0.225 e. The molecule has 0 bridgehead atoms. The Bertz CT molecular complexity index is 895. The average molecular weight is 337 g/mol. The Morgan fingerprint density at radius 3 is 2.60 bits per heavy atom. The van der Waals surface area contributed by atoms with Crippen molar-refractivity contribution in [2.75, 3.05) is 5.32 Å². The van der Waals surface area contributed by atoms with Gasteiger partial charge in [0.2, 0.25) is 5.91 Å². The largest absolute Gasteiger partial charge is 0.309 e. The van der Waals surface area contributed by atoms with Crippen LogP contribution in [-0.2, 0) is 4.79 Å². The number of amides is 1. The van der Waals surface area contributed by atoms with Crippen molar-refractivity contribution in [3.63, 3.8) is 0 Å². The number of anilines is 1. The molecule has 1 aliphatic carbocycles. The van der Waals surface area contributed by atoms with Crippen molar-refractivity contribution < 1.29 is 9.18 Å². The summed E-state index contributed by atoms with van der Waals surface area (Å²) in [5.41, 5.74) is 2.75. The van der Waals surface area contributed by atoms with Crippen LogP contribution in [0.4, 0.5) is 10.2 Å². The molecular formula is C20H20FN3O. The van der Waals surface area contributed by atoms with Gasteiger partial charge in [0.05, 0.1) is 5.52 Å². The van der Waals surface area contributed by atoms with Crippen LogP contribution in [-0.4, -0.2) is 16.1 Å². The number of benzene rings is 2. The molecule has 0 radical (unpaired) electrons. The van der Waals surface area contributed by atoms with Crippen LogP contribution < -0.4 is 5.32 Å². The average Bonchev–Trinajstić information content (AvgIpc) is 3.25. The van der Waals surface area contributed by atoms with Crippen LogP contribution in [0.2, 0.25) is 0 Å². The van der Waals surface area contributed by atoms with Crippen LogP contribution in [0.1, 0.15) is 32.1 Å². The summed E-state index contributed by atoms with van der Waals surface area (Å²) in [6.07, 6.45) is 5.33. The van der Waals surface area contributed by atoms with Gasteiger partial charge in [0.1, 0.15) is 5.82 Å². The number of aromatic nitrogens is 2. The second kappa shape index (κ2) is 6.67. The lowest BCUT2D eigenvalue weighted by atomic mass is 10.0. The lowest BCUT2D eigenvalue weighted by Gasteiger charge is -2.08. The van der Waals surface area contributed by atoms with E-state index in [0.29, 0.717) is 18.2 Å². The number of H-pyrrole nitrogens is 1. The minimum atomic E-state index is -0.251. The van der Waals surface area contributed by atoms with Gasteiger partial charge >= 0.3 is 0 Å². The van der Waals surface area contributed by atoms with Gasteiger partial charge in [0.25, 0.3) is 0 Å². The third-order valence-corrected chi connectivity index (χ3v) is 4.95. The number of hydrogen-bond acceptors (Lipinski definition) is 2. The highest BCUT2D eigenvalue weighted by molar-refractivity contribution is 6.00. The smallest absolute Gasteiger partial charge is 0.225 e. The second-order valence-electron chi connectivity index (χ2n) is 6.74. The highest BCUT2D eigenvalue weighted by Crippen LogP contribution is 2.29. The lowest BCUT2D eigenvalue weighted by molar-refractivity contribution is -0.117.